The van der Waals surface area contributed by atoms with Crippen LogP contribution in [0.1, 0.15) is 40.3 Å². The maximum absolute atomic E-state index is 14.9. The Labute approximate surface area is 203 Å². The van der Waals surface area contributed by atoms with Crippen LogP contribution in [-0.4, -0.2) is 49.0 Å². The Morgan fingerprint density at radius 2 is 1.92 bits per heavy atom. The van der Waals surface area contributed by atoms with Crippen LogP contribution in [0, 0.1) is 5.82 Å². The third-order valence-corrected chi connectivity index (χ3v) is 6.56. The van der Waals surface area contributed by atoms with Crippen molar-refractivity contribution in [1.29, 1.82) is 0 Å². The number of pyridine rings is 1. The number of halogens is 4. The SMILES string of the molecule is COc1cccc2c(C(=O)N3CCc4c(nn(C)c4-c4cc(C(F)(F)F)n(C)n4)[C@@H]3C)c(F)cnc12. The second-order valence-corrected chi connectivity index (χ2v) is 8.63. The summed E-state index contributed by atoms with van der Waals surface area (Å²) in [6.07, 6.45) is -3.23. The van der Waals surface area contributed by atoms with Gasteiger partial charge in [0.1, 0.15) is 22.7 Å². The van der Waals surface area contributed by atoms with E-state index in [1.54, 1.807) is 32.2 Å². The van der Waals surface area contributed by atoms with Gasteiger partial charge in [0, 0.05) is 31.6 Å². The van der Waals surface area contributed by atoms with Crippen molar-refractivity contribution < 1.29 is 27.1 Å². The van der Waals surface area contributed by atoms with Crippen LogP contribution < -0.4 is 4.74 Å². The van der Waals surface area contributed by atoms with Crippen LogP contribution in [-0.2, 0) is 26.7 Å². The van der Waals surface area contributed by atoms with E-state index >= 15 is 0 Å². The van der Waals surface area contributed by atoms with Crippen molar-refractivity contribution in [2.75, 3.05) is 13.7 Å². The molecular weight excluding hydrogens is 480 g/mol. The highest BCUT2D eigenvalue weighted by molar-refractivity contribution is 6.07. The second-order valence-electron chi connectivity index (χ2n) is 8.63. The maximum Gasteiger partial charge on any atom is 0.433 e. The molecule has 1 amide bonds. The average molecular weight is 502 g/mol. The van der Waals surface area contributed by atoms with E-state index in [1.807, 2.05) is 0 Å². The average Bonchev–Trinajstić information content (AvgIpc) is 3.37. The number of para-hydroxylation sites is 1. The number of alkyl halides is 3. The first-order valence-electron chi connectivity index (χ1n) is 11.1. The number of amides is 1. The first-order valence-corrected chi connectivity index (χ1v) is 11.1. The summed E-state index contributed by atoms with van der Waals surface area (Å²) >= 11 is 0. The number of carbonyl (C=O) groups is 1. The largest absolute Gasteiger partial charge is 0.494 e. The van der Waals surface area contributed by atoms with E-state index in [9.17, 15) is 22.4 Å². The maximum atomic E-state index is 14.9. The number of fused-ring (bicyclic) bond motifs is 2. The Bertz CT molecular complexity index is 1510. The Morgan fingerprint density at radius 3 is 2.58 bits per heavy atom. The van der Waals surface area contributed by atoms with E-state index in [1.165, 1.54) is 23.7 Å². The number of ether oxygens (including phenoxy) is 1. The molecule has 1 aromatic carbocycles. The van der Waals surface area contributed by atoms with E-state index in [4.69, 9.17) is 4.74 Å². The number of benzene rings is 1. The van der Waals surface area contributed by atoms with Gasteiger partial charge < -0.3 is 9.64 Å². The quantitative estimate of drug-likeness (QED) is 0.391. The summed E-state index contributed by atoms with van der Waals surface area (Å²) in [6, 6.07) is 5.38. The van der Waals surface area contributed by atoms with Crippen LogP contribution in [0.25, 0.3) is 22.3 Å². The van der Waals surface area contributed by atoms with Gasteiger partial charge in [-0.25, -0.2) is 9.37 Å². The molecule has 4 heterocycles. The highest BCUT2D eigenvalue weighted by atomic mass is 19.4. The van der Waals surface area contributed by atoms with Crippen LogP contribution in [0.15, 0.2) is 30.5 Å². The van der Waals surface area contributed by atoms with Crippen molar-refractivity contribution in [3.63, 3.8) is 0 Å². The van der Waals surface area contributed by atoms with Gasteiger partial charge in [-0.05, 0) is 25.5 Å². The fourth-order valence-electron chi connectivity index (χ4n) is 4.89. The highest BCUT2D eigenvalue weighted by Crippen LogP contribution is 2.38. The van der Waals surface area contributed by atoms with Gasteiger partial charge in [0.2, 0.25) is 0 Å². The van der Waals surface area contributed by atoms with Gasteiger partial charge in [-0.3, -0.25) is 14.2 Å². The number of rotatable bonds is 3. The summed E-state index contributed by atoms with van der Waals surface area (Å²) < 4.78 is 62.5. The zero-order chi connectivity index (χ0) is 25.9. The van der Waals surface area contributed by atoms with Crippen LogP contribution >= 0.6 is 0 Å². The van der Waals surface area contributed by atoms with Crippen molar-refractivity contribution in [1.82, 2.24) is 29.4 Å². The number of carbonyl (C=O) groups excluding carboxylic acids is 1. The van der Waals surface area contributed by atoms with E-state index in [0.717, 1.165) is 16.9 Å². The molecule has 3 aromatic heterocycles. The first kappa shape index (κ1) is 23.8. The smallest absolute Gasteiger partial charge is 0.433 e. The van der Waals surface area contributed by atoms with Crippen LogP contribution in [0.2, 0.25) is 0 Å². The predicted molar refractivity (Wildman–Crippen MR) is 122 cm³/mol. The first-order chi connectivity index (χ1) is 17.0. The number of aryl methyl sites for hydroxylation is 2. The van der Waals surface area contributed by atoms with Gasteiger partial charge in [0.05, 0.1) is 36.3 Å². The molecule has 0 saturated heterocycles. The minimum absolute atomic E-state index is 0.120. The highest BCUT2D eigenvalue weighted by Gasteiger charge is 2.38. The van der Waals surface area contributed by atoms with Gasteiger partial charge >= 0.3 is 6.18 Å². The second kappa shape index (κ2) is 8.32. The van der Waals surface area contributed by atoms with Gasteiger partial charge in [0.15, 0.2) is 5.82 Å². The fraction of sp³-hybridized carbons (Fsp3) is 0.333. The molecule has 5 rings (SSSR count). The third kappa shape index (κ3) is 3.59. The molecule has 12 heteroatoms. The van der Waals surface area contributed by atoms with Gasteiger partial charge in [-0.15, -0.1) is 0 Å². The minimum Gasteiger partial charge on any atom is -0.494 e. The monoisotopic (exact) mass is 502 g/mol. The lowest BCUT2D eigenvalue weighted by Gasteiger charge is -2.33. The molecule has 36 heavy (non-hydrogen) atoms. The van der Waals surface area contributed by atoms with Gasteiger partial charge in [-0.1, -0.05) is 12.1 Å². The molecule has 4 aromatic rings. The standard InChI is InChI=1S/C24H22F4N6O2/c1-12-20-14(22(33(3)31-20)16-10-18(24(26,27)28)32(2)30-16)8-9-34(12)23(35)19-13-6-5-7-17(36-4)21(13)29-11-15(19)25/h5-7,10-12H,8-9H2,1-4H3/t12-/m0/s1. The molecule has 0 unspecified atom stereocenters. The lowest BCUT2D eigenvalue weighted by molar-refractivity contribution is -0.143. The topological polar surface area (TPSA) is 78.1 Å². The minimum atomic E-state index is -4.55. The molecule has 0 radical (unpaired) electrons. The van der Waals surface area contributed by atoms with Crippen molar-refractivity contribution in [2.24, 2.45) is 14.1 Å². The van der Waals surface area contributed by atoms with Gasteiger partial charge in [-0.2, -0.15) is 23.4 Å². The normalized spacial score (nSPS) is 15.9. The molecule has 0 bridgehead atoms. The van der Waals surface area contributed by atoms with Crippen molar-refractivity contribution in [2.45, 2.75) is 25.6 Å². The number of methoxy groups -OCH3 is 1. The van der Waals surface area contributed by atoms with E-state index < -0.39 is 29.6 Å². The van der Waals surface area contributed by atoms with Crippen molar-refractivity contribution in [3.05, 3.63) is 58.8 Å². The molecule has 0 N–H and O–H groups in total. The molecular formula is C24H22F4N6O2. The zero-order valence-corrected chi connectivity index (χ0v) is 19.9. The lowest BCUT2D eigenvalue weighted by Crippen LogP contribution is -2.39. The summed E-state index contributed by atoms with van der Waals surface area (Å²) in [6.45, 7) is 1.98. The zero-order valence-electron chi connectivity index (χ0n) is 19.9. The van der Waals surface area contributed by atoms with E-state index in [0.29, 0.717) is 40.0 Å². The number of aromatic nitrogens is 5. The lowest BCUT2D eigenvalue weighted by atomic mass is 9.96. The predicted octanol–water partition coefficient (Wildman–Crippen LogP) is 4.29. The molecule has 8 nitrogen and oxygen atoms in total. The molecule has 0 fully saturated rings. The Balaban J connectivity index is 1.55. The Kier molecular flexibility index (Phi) is 5.49. The third-order valence-electron chi connectivity index (χ3n) is 6.56. The molecule has 0 spiro atoms. The summed E-state index contributed by atoms with van der Waals surface area (Å²) in [5.74, 6) is -0.872. The summed E-state index contributed by atoms with van der Waals surface area (Å²) in [5, 5.41) is 8.90. The summed E-state index contributed by atoms with van der Waals surface area (Å²) in [7, 11) is 4.32. The molecule has 1 aliphatic rings. The van der Waals surface area contributed by atoms with Crippen molar-refractivity contribution in [3.8, 4) is 17.1 Å². The van der Waals surface area contributed by atoms with Gasteiger partial charge in [0.25, 0.3) is 5.91 Å². The summed E-state index contributed by atoms with van der Waals surface area (Å²) in [4.78, 5) is 19.2. The van der Waals surface area contributed by atoms with Crippen LogP contribution in [0.3, 0.4) is 0 Å². The Hall–Kier alpha value is -3.96. The molecule has 1 atom stereocenters. The molecule has 188 valence electrons. The molecule has 1 aliphatic heterocycles. The number of nitrogens with zero attached hydrogens (tertiary/aromatic N) is 6. The number of hydrogen-bond acceptors (Lipinski definition) is 5. The summed E-state index contributed by atoms with van der Waals surface area (Å²) in [5.41, 5.74) is 1.22. The molecule has 0 aliphatic carbocycles. The Morgan fingerprint density at radius 1 is 1.17 bits per heavy atom. The molecule has 0 saturated carbocycles. The van der Waals surface area contributed by atoms with Crippen LogP contribution in [0.4, 0.5) is 17.6 Å². The fourth-order valence-corrected chi connectivity index (χ4v) is 4.89. The van der Waals surface area contributed by atoms with E-state index in [2.05, 4.69) is 15.2 Å². The van der Waals surface area contributed by atoms with E-state index in [-0.39, 0.29) is 17.8 Å². The van der Waals surface area contributed by atoms with Crippen molar-refractivity contribution >= 4 is 16.8 Å². The van der Waals surface area contributed by atoms with Crippen LogP contribution in [0.5, 0.6) is 5.75 Å². The number of hydrogen-bond donors (Lipinski definition) is 0.